The van der Waals surface area contributed by atoms with E-state index in [1.807, 2.05) is 81.4 Å². The van der Waals surface area contributed by atoms with Crippen LogP contribution in [0.15, 0.2) is 65.7 Å². The van der Waals surface area contributed by atoms with E-state index in [1.165, 1.54) is 0 Å². The summed E-state index contributed by atoms with van der Waals surface area (Å²) < 4.78 is 5.62. The van der Waals surface area contributed by atoms with Gasteiger partial charge >= 0.3 is 5.97 Å². The number of rotatable bonds is 5. The van der Waals surface area contributed by atoms with Gasteiger partial charge in [0.25, 0.3) is 0 Å². The Morgan fingerprint density at radius 2 is 1.66 bits per heavy atom. The molecule has 1 heterocycles. The Kier molecular flexibility index (Phi) is 5.87. The van der Waals surface area contributed by atoms with Crippen LogP contribution in [0.25, 0.3) is 0 Å². The molecule has 0 aromatic heterocycles. The molecule has 1 aliphatic heterocycles. The van der Waals surface area contributed by atoms with Crippen LogP contribution < -0.4 is 5.32 Å². The van der Waals surface area contributed by atoms with Crippen molar-refractivity contribution in [3.8, 4) is 0 Å². The van der Waals surface area contributed by atoms with Gasteiger partial charge in [-0.2, -0.15) is 0 Å². The SMILES string of the molecule is CC(C)(C)OC(=O)[C@H]1CC(c2ccccc2)=N[C@]1(C)C(=O)NCc1ccccc1. The maximum atomic E-state index is 13.2. The minimum absolute atomic E-state index is 0.275. The summed E-state index contributed by atoms with van der Waals surface area (Å²) in [6.07, 6.45) is 0.369. The van der Waals surface area contributed by atoms with E-state index >= 15 is 0 Å². The molecule has 5 nitrogen and oxygen atoms in total. The van der Waals surface area contributed by atoms with Crippen molar-refractivity contribution in [2.24, 2.45) is 10.9 Å². The summed E-state index contributed by atoms with van der Waals surface area (Å²) in [5, 5.41) is 2.95. The van der Waals surface area contributed by atoms with E-state index in [-0.39, 0.29) is 5.91 Å². The molecule has 0 aliphatic carbocycles. The lowest BCUT2D eigenvalue weighted by Gasteiger charge is -2.29. The number of carbonyl (C=O) groups excluding carboxylic acids is 2. The average Bonchev–Trinajstić information content (AvgIpc) is 3.05. The first-order chi connectivity index (χ1) is 13.7. The quantitative estimate of drug-likeness (QED) is 0.785. The standard InChI is InChI=1S/C24H28N2O3/c1-23(2,3)29-21(27)19-15-20(18-13-9-6-10-14-18)26-24(19,4)22(28)25-16-17-11-7-5-8-12-17/h5-14,19H,15-16H2,1-4H3,(H,25,28)/t19-,24+/m1/s1. The van der Waals surface area contributed by atoms with Gasteiger partial charge in [-0.25, -0.2) is 0 Å². The van der Waals surface area contributed by atoms with Gasteiger partial charge < -0.3 is 10.1 Å². The monoisotopic (exact) mass is 392 g/mol. The number of nitrogens with zero attached hydrogens (tertiary/aromatic N) is 1. The number of amides is 1. The minimum atomic E-state index is -1.22. The molecule has 0 bridgehead atoms. The highest BCUT2D eigenvalue weighted by Crippen LogP contribution is 2.36. The van der Waals surface area contributed by atoms with Gasteiger partial charge in [0.05, 0.1) is 5.92 Å². The van der Waals surface area contributed by atoms with Gasteiger partial charge in [0.1, 0.15) is 11.1 Å². The third-order valence-electron chi connectivity index (χ3n) is 5.00. The smallest absolute Gasteiger partial charge is 0.312 e. The molecule has 1 N–H and O–H groups in total. The van der Waals surface area contributed by atoms with Gasteiger partial charge in [0.2, 0.25) is 5.91 Å². The van der Waals surface area contributed by atoms with E-state index in [0.29, 0.717) is 13.0 Å². The summed E-state index contributed by atoms with van der Waals surface area (Å²) >= 11 is 0. The molecule has 2 aromatic rings. The van der Waals surface area contributed by atoms with Crippen LogP contribution in [0, 0.1) is 5.92 Å². The Hall–Kier alpha value is -2.95. The molecule has 2 aromatic carbocycles. The number of esters is 1. The van der Waals surface area contributed by atoms with Gasteiger partial charge in [-0.1, -0.05) is 60.7 Å². The minimum Gasteiger partial charge on any atom is -0.460 e. The van der Waals surface area contributed by atoms with Crippen molar-refractivity contribution in [2.75, 3.05) is 0 Å². The Labute approximate surface area is 172 Å². The van der Waals surface area contributed by atoms with Crippen LogP contribution in [0.3, 0.4) is 0 Å². The molecule has 3 rings (SSSR count). The largest absolute Gasteiger partial charge is 0.460 e. The summed E-state index contributed by atoms with van der Waals surface area (Å²) in [6, 6.07) is 19.3. The van der Waals surface area contributed by atoms with E-state index in [1.54, 1.807) is 6.92 Å². The van der Waals surface area contributed by atoms with Crippen LogP contribution >= 0.6 is 0 Å². The lowest BCUT2D eigenvalue weighted by atomic mass is 9.84. The normalized spacial score (nSPS) is 21.4. The van der Waals surface area contributed by atoms with Crippen molar-refractivity contribution in [3.05, 3.63) is 71.8 Å². The number of hydrogen-bond donors (Lipinski definition) is 1. The van der Waals surface area contributed by atoms with Gasteiger partial charge in [0.15, 0.2) is 0 Å². The van der Waals surface area contributed by atoms with Gasteiger partial charge in [-0.15, -0.1) is 0 Å². The fourth-order valence-corrected chi connectivity index (χ4v) is 3.46. The molecule has 0 spiro atoms. The fourth-order valence-electron chi connectivity index (χ4n) is 3.46. The summed E-state index contributed by atoms with van der Waals surface area (Å²) in [6.45, 7) is 7.58. The summed E-state index contributed by atoms with van der Waals surface area (Å²) in [7, 11) is 0. The predicted octanol–water partition coefficient (Wildman–Crippen LogP) is 3.91. The first-order valence-corrected chi connectivity index (χ1v) is 9.88. The second-order valence-electron chi connectivity index (χ2n) is 8.53. The molecule has 152 valence electrons. The maximum Gasteiger partial charge on any atom is 0.312 e. The molecule has 29 heavy (non-hydrogen) atoms. The van der Waals surface area contributed by atoms with E-state index in [2.05, 4.69) is 5.32 Å². The molecule has 0 radical (unpaired) electrons. The van der Waals surface area contributed by atoms with Gasteiger partial charge in [0, 0.05) is 18.7 Å². The zero-order valence-corrected chi connectivity index (χ0v) is 17.4. The molecule has 0 saturated heterocycles. The van der Waals surface area contributed by atoms with E-state index in [0.717, 1.165) is 16.8 Å². The number of ether oxygens (including phenoxy) is 1. The van der Waals surface area contributed by atoms with Crippen LogP contribution in [0.4, 0.5) is 0 Å². The lowest BCUT2D eigenvalue weighted by Crippen LogP contribution is -2.50. The highest BCUT2D eigenvalue weighted by atomic mass is 16.6. The zero-order chi connectivity index (χ0) is 21.1. The maximum absolute atomic E-state index is 13.2. The second-order valence-corrected chi connectivity index (χ2v) is 8.53. The summed E-state index contributed by atoms with van der Waals surface area (Å²) in [5.41, 5.74) is 0.805. The Morgan fingerprint density at radius 1 is 1.07 bits per heavy atom. The molecular formula is C24H28N2O3. The number of hydrogen-bond acceptors (Lipinski definition) is 4. The molecule has 1 aliphatic rings. The van der Waals surface area contributed by atoms with Crippen molar-refractivity contribution < 1.29 is 14.3 Å². The summed E-state index contributed by atoms with van der Waals surface area (Å²) in [5.74, 6) is -1.35. The van der Waals surface area contributed by atoms with Gasteiger partial charge in [-0.05, 0) is 38.8 Å². The number of carbonyl (C=O) groups is 2. The fraction of sp³-hybridized carbons (Fsp3) is 0.375. The summed E-state index contributed by atoms with van der Waals surface area (Å²) in [4.78, 5) is 30.9. The second kappa shape index (κ2) is 8.19. The van der Waals surface area contributed by atoms with Crippen LogP contribution in [0.1, 0.15) is 45.2 Å². The van der Waals surface area contributed by atoms with Crippen LogP contribution in [-0.4, -0.2) is 28.7 Å². The van der Waals surface area contributed by atoms with E-state index in [9.17, 15) is 9.59 Å². The number of nitrogens with one attached hydrogen (secondary N) is 1. The van der Waals surface area contributed by atoms with Crippen molar-refractivity contribution in [1.29, 1.82) is 0 Å². The van der Waals surface area contributed by atoms with Crippen molar-refractivity contribution >= 4 is 17.6 Å². The highest BCUT2D eigenvalue weighted by molar-refractivity contribution is 6.09. The Morgan fingerprint density at radius 3 is 2.24 bits per heavy atom. The molecule has 2 atom stereocenters. The zero-order valence-electron chi connectivity index (χ0n) is 17.4. The Bertz CT molecular complexity index is 901. The van der Waals surface area contributed by atoms with E-state index < -0.39 is 23.0 Å². The van der Waals surface area contributed by atoms with Crippen molar-refractivity contribution in [2.45, 2.75) is 51.8 Å². The van der Waals surface area contributed by atoms with Crippen LogP contribution in [0.2, 0.25) is 0 Å². The van der Waals surface area contributed by atoms with Crippen LogP contribution in [0.5, 0.6) is 0 Å². The molecule has 0 fully saturated rings. The molecule has 1 amide bonds. The van der Waals surface area contributed by atoms with Crippen LogP contribution in [-0.2, 0) is 20.9 Å². The predicted molar refractivity (Wildman–Crippen MR) is 114 cm³/mol. The molecule has 5 heteroatoms. The first kappa shape index (κ1) is 20.8. The number of benzene rings is 2. The topological polar surface area (TPSA) is 67.8 Å². The van der Waals surface area contributed by atoms with Gasteiger partial charge in [-0.3, -0.25) is 14.6 Å². The van der Waals surface area contributed by atoms with E-state index in [4.69, 9.17) is 9.73 Å². The highest BCUT2D eigenvalue weighted by Gasteiger charge is 2.51. The third kappa shape index (κ3) is 4.91. The number of aliphatic imine (C=N–C) groups is 1. The van der Waals surface area contributed by atoms with Crippen molar-refractivity contribution in [3.63, 3.8) is 0 Å². The first-order valence-electron chi connectivity index (χ1n) is 9.88. The third-order valence-corrected chi connectivity index (χ3v) is 5.00. The molecular weight excluding hydrogens is 364 g/mol. The molecule has 0 unspecified atom stereocenters. The average molecular weight is 392 g/mol. The molecule has 0 saturated carbocycles. The van der Waals surface area contributed by atoms with Crippen molar-refractivity contribution in [1.82, 2.24) is 5.32 Å². The lowest BCUT2D eigenvalue weighted by molar-refractivity contribution is -0.163. The Balaban J connectivity index is 1.86.